The number of hydrogen-bond donors (Lipinski definition) is 3. The number of para-hydroxylation sites is 1. The Morgan fingerprint density at radius 3 is 2.59 bits per heavy atom. The van der Waals surface area contributed by atoms with Gasteiger partial charge in [0.25, 0.3) is 10.0 Å². The quantitative estimate of drug-likeness (QED) is 0.281. The van der Waals surface area contributed by atoms with Gasteiger partial charge >= 0.3 is 0 Å². The highest BCUT2D eigenvalue weighted by Gasteiger charge is 2.28. The van der Waals surface area contributed by atoms with Gasteiger partial charge in [0.2, 0.25) is 11.9 Å². The zero-order valence-corrected chi connectivity index (χ0v) is 24.2. The minimum Gasteiger partial charge on any atom is -0.353 e. The molecule has 2 aliphatic rings. The zero-order chi connectivity index (χ0) is 28.4. The Balaban J connectivity index is 1.25. The fourth-order valence-electron chi connectivity index (χ4n) is 5.90. The summed E-state index contributed by atoms with van der Waals surface area (Å²) in [6.07, 6.45) is 8.73. The minimum absolute atomic E-state index is 0.0343. The molecule has 3 heterocycles. The van der Waals surface area contributed by atoms with Gasteiger partial charge in [-0.05, 0) is 63.3 Å². The average molecular weight is 593 g/mol. The SMILES string of the molecule is O=C(N[C@H]1CCC[C@@H](Nc2ncc(Cl)c(-c3cn(S(=O)(=O)c4ccccc4)c4ccccc34)n2)C1)[C@@H]1CCCNC1. The molecule has 0 spiro atoms. The Morgan fingerprint density at radius 1 is 1.00 bits per heavy atom. The first-order valence-electron chi connectivity index (χ1n) is 14.1. The molecule has 214 valence electrons. The number of aromatic nitrogens is 3. The van der Waals surface area contributed by atoms with Crippen LogP contribution < -0.4 is 16.0 Å². The van der Waals surface area contributed by atoms with E-state index in [4.69, 9.17) is 16.6 Å². The van der Waals surface area contributed by atoms with Gasteiger partial charge in [-0.25, -0.2) is 22.4 Å². The number of amides is 1. The standard InChI is InChI=1S/C30H33ClN6O3S/c31-26-18-33-30(35-22-10-6-9-21(16-22)34-29(38)20-8-7-15-32-17-20)36-28(26)25-19-37(27-14-5-4-13-24(25)27)41(39,40)23-11-2-1-3-12-23/h1-5,11-14,18-22,32H,6-10,15-17H2,(H,34,38)(H,33,35,36)/t20-,21+,22-/m1/s1. The van der Waals surface area contributed by atoms with Crippen LogP contribution in [0.2, 0.25) is 5.02 Å². The Bertz CT molecular complexity index is 1650. The van der Waals surface area contributed by atoms with Gasteiger partial charge in [-0.2, -0.15) is 0 Å². The van der Waals surface area contributed by atoms with Gasteiger partial charge in [-0.1, -0.05) is 48.0 Å². The molecule has 2 fully saturated rings. The van der Waals surface area contributed by atoms with E-state index in [-0.39, 0.29) is 28.8 Å². The molecule has 2 aromatic heterocycles. The third-order valence-electron chi connectivity index (χ3n) is 8.00. The smallest absolute Gasteiger partial charge is 0.268 e. The van der Waals surface area contributed by atoms with Gasteiger partial charge in [0.15, 0.2) is 0 Å². The first kappa shape index (κ1) is 27.7. The van der Waals surface area contributed by atoms with Gasteiger partial charge in [-0.15, -0.1) is 0 Å². The molecular formula is C30H33ClN6O3S. The maximum absolute atomic E-state index is 13.6. The van der Waals surface area contributed by atoms with Crippen LogP contribution in [-0.2, 0) is 14.8 Å². The molecule has 1 saturated heterocycles. The number of rotatable bonds is 7. The number of benzene rings is 2. The van der Waals surface area contributed by atoms with Gasteiger partial charge in [0.05, 0.1) is 33.2 Å². The lowest BCUT2D eigenvalue weighted by molar-refractivity contribution is -0.126. The van der Waals surface area contributed by atoms with Crippen LogP contribution in [0.4, 0.5) is 5.95 Å². The molecule has 41 heavy (non-hydrogen) atoms. The van der Waals surface area contributed by atoms with Crippen molar-refractivity contribution < 1.29 is 13.2 Å². The van der Waals surface area contributed by atoms with Crippen molar-refractivity contribution in [2.75, 3.05) is 18.4 Å². The number of nitrogens with one attached hydrogen (secondary N) is 3. The van der Waals surface area contributed by atoms with E-state index in [1.54, 1.807) is 54.9 Å². The van der Waals surface area contributed by atoms with E-state index in [1.165, 1.54) is 3.97 Å². The van der Waals surface area contributed by atoms with E-state index in [0.29, 0.717) is 27.7 Å². The molecular weight excluding hydrogens is 560 g/mol. The minimum atomic E-state index is -3.85. The Hall–Kier alpha value is -3.47. The summed E-state index contributed by atoms with van der Waals surface area (Å²) < 4.78 is 28.4. The summed E-state index contributed by atoms with van der Waals surface area (Å²) in [6, 6.07) is 15.8. The van der Waals surface area contributed by atoms with Crippen molar-refractivity contribution in [2.24, 2.45) is 5.92 Å². The maximum Gasteiger partial charge on any atom is 0.268 e. The molecule has 6 rings (SSSR count). The molecule has 1 saturated carbocycles. The van der Waals surface area contributed by atoms with Crippen molar-refractivity contribution in [3.8, 4) is 11.3 Å². The van der Waals surface area contributed by atoms with Crippen molar-refractivity contribution in [2.45, 2.75) is 55.5 Å². The maximum atomic E-state index is 13.6. The van der Waals surface area contributed by atoms with E-state index in [1.807, 2.05) is 12.1 Å². The third kappa shape index (κ3) is 5.82. The summed E-state index contributed by atoms with van der Waals surface area (Å²) in [7, 11) is -3.85. The van der Waals surface area contributed by atoms with E-state index in [9.17, 15) is 13.2 Å². The lowest BCUT2D eigenvalue weighted by Crippen LogP contribution is -2.47. The van der Waals surface area contributed by atoms with Crippen molar-refractivity contribution >= 4 is 44.4 Å². The predicted molar refractivity (Wildman–Crippen MR) is 160 cm³/mol. The number of piperidine rings is 1. The predicted octanol–water partition coefficient (Wildman–Crippen LogP) is 4.83. The second-order valence-corrected chi connectivity index (χ2v) is 13.0. The summed E-state index contributed by atoms with van der Waals surface area (Å²) in [5.41, 5.74) is 1.59. The van der Waals surface area contributed by atoms with Crippen LogP contribution >= 0.6 is 11.6 Å². The van der Waals surface area contributed by atoms with Gasteiger partial charge in [-0.3, -0.25) is 4.79 Å². The van der Waals surface area contributed by atoms with E-state index in [0.717, 1.165) is 57.0 Å². The van der Waals surface area contributed by atoms with Crippen LogP contribution in [0.1, 0.15) is 38.5 Å². The van der Waals surface area contributed by atoms with Gasteiger partial charge < -0.3 is 16.0 Å². The fourth-order valence-corrected chi connectivity index (χ4v) is 7.48. The van der Waals surface area contributed by atoms with E-state index >= 15 is 0 Å². The van der Waals surface area contributed by atoms with E-state index < -0.39 is 10.0 Å². The number of halogens is 1. The molecule has 1 aliphatic heterocycles. The Morgan fingerprint density at radius 2 is 1.78 bits per heavy atom. The second-order valence-electron chi connectivity index (χ2n) is 10.8. The van der Waals surface area contributed by atoms with Crippen LogP contribution in [0.15, 0.2) is 71.9 Å². The van der Waals surface area contributed by atoms with Crippen molar-refractivity contribution in [3.05, 3.63) is 72.0 Å². The molecule has 3 N–H and O–H groups in total. The number of hydrogen-bond acceptors (Lipinski definition) is 7. The third-order valence-corrected chi connectivity index (χ3v) is 9.96. The van der Waals surface area contributed by atoms with E-state index in [2.05, 4.69) is 20.9 Å². The Kier molecular flexibility index (Phi) is 7.96. The van der Waals surface area contributed by atoms with Crippen LogP contribution in [0.3, 0.4) is 0 Å². The summed E-state index contributed by atoms with van der Waals surface area (Å²) in [5.74, 6) is 0.586. The van der Waals surface area contributed by atoms with Gasteiger partial charge in [0.1, 0.15) is 0 Å². The van der Waals surface area contributed by atoms with Crippen LogP contribution in [-0.4, -0.2) is 53.4 Å². The van der Waals surface area contributed by atoms with Crippen LogP contribution in [0, 0.1) is 5.92 Å². The lowest BCUT2D eigenvalue weighted by atomic mass is 9.90. The topological polar surface area (TPSA) is 118 Å². The summed E-state index contributed by atoms with van der Waals surface area (Å²) in [4.78, 5) is 22.2. The largest absolute Gasteiger partial charge is 0.353 e. The molecule has 4 aromatic rings. The number of nitrogens with zero attached hydrogens (tertiary/aromatic N) is 3. The Labute approximate surface area is 244 Å². The highest BCUT2D eigenvalue weighted by molar-refractivity contribution is 7.90. The first-order valence-corrected chi connectivity index (χ1v) is 15.9. The molecule has 3 atom stereocenters. The second kappa shape index (κ2) is 11.8. The number of carbonyl (C=O) groups is 1. The normalized spacial score (nSPS) is 21.4. The molecule has 2 aromatic carbocycles. The molecule has 0 radical (unpaired) electrons. The molecule has 9 nitrogen and oxygen atoms in total. The first-order chi connectivity index (χ1) is 19.9. The summed E-state index contributed by atoms with van der Waals surface area (Å²) in [5, 5.41) is 11.1. The number of carbonyl (C=O) groups excluding carboxylic acids is 1. The van der Waals surface area contributed by atoms with Crippen LogP contribution in [0.5, 0.6) is 0 Å². The number of fused-ring (bicyclic) bond motifs is 1. The fraction of sp³-hybridized carbons (Fsp3) is 0.367. The zero-order valence-electron chi connectivity index (χ0n) is 22.6. The highest BCUT2D eigenvalue weighted by atomic mass is 35.5. The molecule has 0 unspecified atom stereocenters. The molecule has 0 bridgehead atoms. The summed E-state index contributed by atoms with van der Waals surface area (Å²) in [6.45, 7) is 1.72. The van der Waals surface area contributed by atoms with Crippen molar-refractivity contribution in [3.63, 3.8) is 0 Å². The molecule has 11 heteroatoms. The van der Waals surface area contributed by atoms with Gasteiger partial charge in [0, 0.05) is 35.8 Å². The molecule has 1 aliphatic carbocycles. The number of anilines is 1. The van der Waals surface area contributed by atoms with Crippen molar-refractivity contribution in [1.82, 2.24) is 24.6 Å². The monoisotopic (exact) mass is 592 g/mol. The average Bonchev–Trinajstić information content (AvgIpc) is 3.40. The molecule has 1 amide bonds. The lowest BCUT2D eigenvalue weighted by Gasteiger charge is -2.32. The highest BCUT2D eigenvalue weighted by Crippen LogP contribution is 2.36. The summed E-state index contributed by atoms with van der Waals surface area (Å²) >= 11 is 6.60. The van der Waals surface area contributed by atoms with Crippen LogP contribution in [0.25, 0.3) is 22.2 Å². The van der Waals surface area contributed by atoms with Crippen molar-refractivity contribution in [1.29, 1.82) is 0 Å².